The van der Waals surface area contributed by atoms with E-state index < -0.39 is 0 Å². The first-order valence-electron chi connectivity index (χ1n) is 10.0. The molecule has 4 heterocycles. The van der Waals surface area contributed by atoms with Crippen LogP contribution in [0.25, 0.3) is 16.8 Å². The Hall–Kier alpha value is -4.04. The zero-order chi connectivity index (χ0) is 22.2. The Balaban J connectivity index is 1.48. The quantitative estimate of drug-likeness (QED) is 0.457. The summed E-state index contributed by atoms with van der Waals surface area (Å²) < 4.78 is 1.72. The number of nitrogens with one attached hydrogen (secondary N) is 1. The highest BCUT2D eigenvalue weighted by Crippen LogP contribution is 2.33. The van der Waals surface area contributed by atoms with Crippen molar-refractivity contribution in [3.05, 3.63) is 53.1 Å². The van der Waals surface area contributed by atoms with E-state index >= 15 is 0 Å². The molecule has 1 unspecified atom stereocenters. The standard InChI is InChI=1S/C21H19N9OS/c1-12-8-24-21(32-12)28-20(31)14-4-2-13(3-5-14)16-17-18(23)25-11-26-30(17)19(27-16)15-6-7-29(9-15)10-22/h2-5,8,11,15H,6-7,9H2,1H3,(H2,23,25,26)(H,24,28,31). The maximum Gasteiger partial charge on any atom is 0.257 e. The third-order valence-corrected chi connectivity index (χ3v) is 6.27. The van der Waals surface area contributed by atoms with Gasteiger partial charge >= 0.3 is 0 Å². The second-order valence-electron chi connectivity index (χ2n) is 7.56. The second-order valence-corrected chi connectivity index (χ2v) is 8.80. The van der Waals surface area contributed by atoms with E-state index in [4.69, 9.17) is 10.7 Å². The molecule has 1 atom stereocenters. The summed E-state index contributed by atoms with van der Waals surface area (Å²) in [5.41, 5.74) is 8.76. The number of fused-ring (bicyclic) bond motifs is 1. The Kier molecular flexibility index (Phi) is 4.91. The first-order valence-corrected chi connectivity index (χ1v) is 10.8. The zero-order valence-electron chi connectivity index (χ0n) is 17.2. The molecule has 1 saturated heterocycles. The molecular formula is C21H19N9OS. The number of carbonyl (C=O) groups is 1. The van der Waals surface area contributed by atoms with E-state index in [1.165, 1.54) is 17.7 Å². The number of carbonyl (C=O) groups excluding carboxylic acids is 1. The molecule has 1 aliphatic heterocycles. The molecule has 160 valence electrons. The summed E-state index contributed by atoms with van der Waals surface area (Å²) in [6.07, 6.45) is 6.13. The first-order chi connectivity index (χ1) is 15.5. The van der Waals surface area contributed by atoms with E-state index in [0.29, 0.717) is 40.8 Å². The number of aromatic nitrogens is 5. The van der Waals surface area contributed by atoms with Crippen LogP contribution in [0.4, 0.5) is 10.9 Å². The lowest BCUT2D eigenvalue weighted by Crippen LogP contribution is -2.14. The van der Waals surface area contributed by atoms with Crippen molar-refractivity contribution in [2.75, 3.05) is 24.1 Å². The van der Waals surface area contributed by atoms with Crippen LogP contribution in [-0.2, 0) is 0 Å². The largest absolute Gasteiger partial charge is 0.382 e. The molecule has 1 aromatic carbocycles. The fourth-order valence-electron chi connectivity index (χ4n) is 3.87. The van der Waals surface area contributed by atoms with Crippen LogP contribution in [0.15, 0.2) is 36.8 Å². The van der Waals surface area contributed by atoms with Gasteiger partial charge in [-0.15, -0.1) is 11.3 Å². The summed E-state index contributed by atoms with van der Waals surface area (Å²) in [6.45, 7) is 3.22. The Morgan fingerprint density at radius 1 is 1.31 bits per heavy atom. The average Bonchev–Trinajstić information content (AvgIpc) is 3.52. The topological polar surface area (TPSA) is 138 Å². The molecule has 3 N–H and O–H groups in total. The molecule has 1 fully saturated rings. The molecule has 0 spiro atoms. The van der Waals surface area contributed by atoms with Crippen molar-refractivity contribution in [2.45, 2.75) is 19.3 Å². The van der Waals surface area contributed by atoms with Crippen molar-refractivity contribution in [2.24, 2.45) is 0 Å². The normalized spacial score (nSPS) is 15.8. The van der Waals surface area contributed by atoms with E-state index in [2.05, 4.69) is 26.6 Å². The van der Waals surface area contributed by atoms with Gasteiger partial charge in [0.15, 0.2) is 17.1 Å². The Bertz CT molecular complexity index is 1350. The van der Waals surface area contributed by atoms with Gasteiger partial charge in [0.1, 0.15) is 23.4 Å². The summed E-state index contributed by atoms with van der Waals surface area (Å²) in [7, 11) is 0. The van der Waals surface area contributed by atoms with Crippen molar-refractivity contribution in [3.63, 3.8) is 0 Å². The monoisotopic (exact) mass is 445 g/mol. The van der Waals surface area contributed by atoms with Crippen LogP contribution in [0.1, 0.15) is 33.4 Å². The van der Waals surface area contributed by atoms with E-state index in [0.717, 1.165) is 22.7 Å². The minimum atomic E-state index is -0.230. The lowest BCUT2D eigenvalue weighted by molar-refractivity contribution is 0.102. The van der Waals surface area contributed by atoms with Gasteiger partial charge in [-0.3, -0.25) is 10.1 Å². The number of nitrogens with zero attached hydrogens (tertiary/aromatic N) is 7. The zero-order valence-corrected chi connectivity index (χ0v) is 18.0. The fraction of sp³-hybridized carbons (Fsp3) is 0.238. The average molecular weight is 446 g/mol. The van der Waals surface area contributed by atoms with Crippen molar-refractivity contribution >= 4 is 33.7 Å². The highest BCUT2D eigenvalue weighted by Gasteiger charge is 2.29. The lowest BCUT2D eigenvalue weighted by atomic mass is 10.1. The summed E-state index contributed by atoms with van der Waals surface area (Å²) in [4.78, 5) is 28.4. The van der Waals surface area contributed by atoms with E-state index in [1.807, 2.05) is 19.1 Å². The van der Waals surface area contributed by atoms with E-state index in [1.54, 1.807) is 27.7 Å². The molecule has 4 aromatic rings. The predicted molar refractivity (Wildman–Crippen MR) is 120 cm³/mol. The van der Waals surface area contributed by atoms with Gasteiger partial charge in [0.2, 0.25) is 0 Å². The molecule has 32 heavy (non-hydrogen) atoms. The van der Waals surface area contributed by atoms with Crippen molar-refractivity contribution in [1.82, 2.24) is 29.5 Å². The van der Waals surface area contributed by atoms with Gasteiger partial charge in [-0.2, -0.15) is 10.4 Å². The molecule has 0 bridgehead atoms. The maximum absolute atomic E-state index is 12.5. The van der Waals surface area contributed by atoms with Crippen LogP contribution < -0.4 is 11.1 Å². The molecule has 0 aliphatic carbocycles. The fourth-order valence-corrected chi connectivity index (χ4v) is 4.53. The number of nitriles is 1. The van der Waals surface area contributed by atoms with E-state index in [-0.39, 0.29) is 11.8 Å². The maximum atomic E-state index is 12.5. The second kappa shape index (κ2) is 7.90. The SMILES string of the molecule is Cc1cnc(NC(=O)c2ccc(-c3nc(C4CCN(C#N)C4)n4ncnc(N)c34)cc2)s1. The van der Waals surface area contributed by atoms with Gasteiger partial charge in [0.25, 0.3) is 5.91 Å². The molecule has 3 aromatic heterocycles. The van der Waals surface area contributed by atoms with Gasteiger partial charge in [-0.1, -0.05) is 12.1 Å². The number of amides is 1. The van der Waals surface area contributed by atoms with Crippen LogP contribution in [0, 0.1) is 18.4 Å². The lowest BCUT2D eigenvalue weighted by Gasteiger charge is -2.08. The van der Waals surface area contributed by atoms with Gasteiger partial charge in [-0.05, 0) is 25.5 Å². The van der Waals surface area contributed by atoms with Gasteiger partial charge in [0.05, 0.1) is 0 Å². The van der Waals surface area contributed by atoms with Crippen molar-refractivity contribution in [3.8, 4) is 17.5 Å². The number of imidazole rings is 1. The first kappa shape index (κ1) is 19.9. The number of hydrogen-bond donors (Lipinski definition) is 2. The third kappa shape index (κ3) is 3.50. The summed E-state index contributed by atoms with van der Waals surface area (Å²) in [5.74, 6) is 0.913. The Morgan fingerprint density at radius 3 is 2.81 bits per heavy atom. The number of anilines is 2. The molecule has 0 radical (unpaired) electrons. The number of aryl methyl sites for hydroxylation is 1. The predicted octanol–water partition coefficient (Wildman–Crippen LogP) is 2.66. The molecule has 1 amide bonds. The molecular weight excluding hydrogens is 426 g/mol. The smallest absolute Gasteiger partial charge is 0.257 e. The molecule has 0 saturated carbocycles. The van der Waals surface area contributed by atoms with Crippen LogP contribution in [0.5, 0.6) is 0 Å². The molecule has 1 aliphatic rings. The summed E-state index contributed by atoms with van der Waals surface area (Å²) in [6, 6.07) is 7.14. The summed E-state index contributed by atoms with van der Waals surface area (Å²) >= 11 is 1.42. The minimum absolute atomic E-state index is 0.0667. The van der Waals surface area contributed by atoms with Crippen molar-refractivity contribution < 1.29 is 4.79 Å². The molecule has 10 nitrogen and oxygen atoms in total. The highest BCUT2D eigenvalue weighted by molar-refractivity contribution is 7.15. The number of thiazole rings is 1. The van der Waals surface area contributed by atoms with Crippen molar-refractivity contribution in [1.29, 1.82) is 5.26 Å². The van der Waals surface area contributed by atoms with Crippen LogP contribution in [-0.4, -0.2) is 48.5 Å². The number of hydrogen-bond acceptors (Lipinski definition) is 9. The summed E-state index contributed by atoms with van der Waals surface area (Å²) in [5, 5.41) is 16.9. The van der Waals surface area contributed by atoms with E-state index in [9.17, 15) is 10.1 Å². The van der Waals surface area contributed by atoms with Gasteiger partial charge in [-0.25, -0.2) is 19.5 Å². The number of nitrogens with two attached hydrogens (primary N) is 1. The van der Waals surface area contributed by atoms with Crippen LogP contribution >= 0.6 is 11.3 Å². The van der Waals surface area contributed by atoms with Crippen LogP contribution in [0.2, 0.25) is 0 Å². The number of rotatable bonds is 4. The third-order valence-electron chi connectivity index (χ3n) is 5.44. The Labute approximate surface area is 187 Å². The minimum Gasteiger partial charge on any atom is -0.382 e. The van der Waals surface area contributed by atoms with Crippen LogP contribution in [0.3, 0.4) is 0 Å². The number of likely N-dealkylation sites (tertiary alicyclic amines) is 1. The molecule has 5 rings (SSSR count). The van der Waals surface area contributed by atoms with Gasteiger partial charge in [0, 0.05) is 41.2 Å². The number of nitrogen functional groups attached to an aromatic ring is 1. The van der Waals surface area contributed by atoms with Gasteiger partial charge < -0.3 is 10.6 Å². The Morgan fingerprint density at radius 2 is 2.12 bits per heavy atom. The highest BCUT2D eigenvalue weighted by atomic mass is 32.1. The molecule has 11 heteroatoms. The number of benzene rings is 1.